The number of carbonyl (C=O) groups excluding carboxylic acids is 1. The van der Waals surface area contributed by atoms with Gasteiger partial charge in [-0.15, -0.1) is 0 Å². The number of hydrogen-bond acceptors (Lipinski definition) is 6. The molecule has 0 saturated heterocycles. The molecule has 0 bridgehead atoms. The fourth-order valence-corrected chi connectivity index (χ4v) is 3.36. The molecule has 1 fully saturated rings. The maximum absolute atomic E-state index is 12.2. The van der Waals surface area contributed by atoms with E-state index in [0.717, 1.165) is 23.4 Å². The highest BCUT2D eigenvalue weighted by Crippen LogP contribution is 2.39. The average molecular weight is 481 g/mol. The van der Waals surface area contributed by atoms with E-state index in [1.807, 2.05) is 6.07 Å². The number of aromatic amines is 1. The summed E-state index contributed by atoms with van der Waals surface area (Å²) in [6, 6.07) is 8.93. The van der Waals surface area contributed by atoms with Gasteiger partial charge in [-0.05, 0) is 48.9 Å². The van der Waals surface area contributed by atoms with Crippen LogP contribution in [-0.4, -0.2) is 25.9 Å². The van der Waals surface area contributed by atoms with E-state index in [2.05, 4.69) is 52.5 Å². The topological polar surface area (TPSA) is 137 Å². The summed E-state index contributed by atoms with van der Waals surface area (Å²) < 4.78 is 1.59. The van der Waals surface area contributed by atoms with E-state index >= 15 is 0 Å². The molecule has 0 spiro atoms. The molecule has 5 N–H and O–H groups in total. The van der Waals surface area contributed by atoms with Crippen molar-refractivity contribution in [2.24, 2.45) is 11.8 Å². The van der Waals surface area contributed by atoms with E-state index in [1.54, 1.807) is 35.3 Å². The Morgan fingerprint density at radius 2 is 2.18 bits per heavy atom. The van der Waals surface area contributed by atoms with Crippen molar-refractivity contribution in [1.29, 1.82) is 5.26 Å². The van der Waals surface area contributed by atoms with Gasteiger partial charge in [-0.3, -0.25) is 15.7 Å². The van der Waals surface area contributed by atoms with Crippen molar-refractivity contribution < 1.29 is 4.79 Å². The van der Waals surface area contributed by atoms with Gasteiger partial charge >= 0.3 is 0 Å². The van der Waals surface area contributed by atoms with E-state index in [-0.39, 0.29) is 12.3 Å². The second kappa shape index (κ2) is 11.5. The Kier molecular flexibility index (Phi) is 8.46. The van der Waals surface area contributed by atoms with Gasteiger partial charge in [0.1, 0.15) is 0 Å². The molecule has 178 valence electrons. The van der Waals surface area contributed by atoms with Crippen LogP contribution in [-0.2, 0) is 11.2 Å². The molecule has 34 heavy (non-hydrogen) atoms. The normalized spacial score (nSPS) is 13.3. The minimum absolute atomic E-state index is 0.165. The fraction of sp³-hybridized carbons (Fsp3) is 0.333. The fourth-order valence-electron chi connectivity index (χ4n) is 3.13. The second-order valence-electron chi connectivity index (χ2n) is 8.29. The number of amides is 1. The van der Waals surface area contributed by atoms with Gasteiger partial charge in [0.2, 0.25) is 5.91 Å². The lowest BCUT2D eigenvalue weighted by molar-refractivity contribution is -0.115. The smallest absolute Gasteiger partial charge is 0.230 e. The summed E-state index contributed by atoms with van der Waals surface area (Å²) in [5.41, 5.74) is 6.37. The molecular weight excluding hydrogens is 452 g/mol. The summed E-state index contributed by atoms with van der Waals surface area (Å²) >= 11 is 6.02. The van der Waals surface area contributed by atoms with Crippen LogP contribution >= 0.6 is 11.6 Å². The summed E-state index contributed by atoms with van der Waals surface area (Å²) in [5, 5.41) is 23.6. The van der Waals surface area contributed by atoms with Crippen LogP contribution in [0.5, 0.6) is 0 Å². The van der Waals surface area contributed by atoms with Crippen molar-refractivity contribution in [3.05, 3.63) is 70.8 Å². The molecule has 10 heteroatoms. The van der Waals surface area contributed by atoms with Crippen molar-refractivity contribution in [1.82, 2.24) is 25.4 Å². The van der Waals surface area contributed by atoms with E-state index in [9.17, 15) is 4.79 Å². The van der Waals surface area contributed by atoms with Gasteiger partial charge in [0.25, 0.3) is 0 Å². The Labute approximate surface area is 204 Å². The first-order chi connectivity index (χ1) is 16.3. The molecule has 2 aromatic heterocycles. The number of nitrogens with one attached hydrogen (secondary N) is 3. The Morgan fingerprint density at radius 3 is 2.79 bits per heavy atom. The van der Waals surface area contributed by atoms with Gasteiger partial charge < -0.3 is 10.7 Å². The van der Waals surface area contributed by atoms with Crippen LogP contribution < -0.4 is 16.6 Å². The summed E-state index contributed by atoms with van der Waals surface area (Å²) in [4.78, 5) is 12.2. The molecule has 0 aliphatic heterocycles. The average Bonchev–Trinajstić information content (AvgIpc) is 3.41. The summed E-state index contributed by atoms with van der Waals surface area (Å²) in [7, 11) is 0. The van der Waals surface area contributed by atoms with Crippen LogP contribution in [0.4, 0.5) is 5.82 Å². The van der Waals surface area contributed by atoms with Gasteiger partial charge in [-0.1, -0.05) is 32.0 Å². The lowest BCUT2D eigenvalue weighted by Gasteiger charge is -2.09. The Morgan fingerprint density at radius 1 is 1.41 bits per heavy atom. The van der Waals surface area contributed by atoms with Gasteiger partial charge in [0, 0.05) is 34.6 Å². The third kappa shape index (κ3) is 6.94. The van der Waals surface area contributed by atoms with Crippen molar-refractivity contribution >= 4 is 23.3 Å². The number of nitriles is 1. The Balaban J connectivity index is 0.000000350. The molecule has 0 radical (unpaired) electrons. The number of halogens is 1. The summed E-state index contributed by atoms with van der Waals surface area (Å²) in [6.07, 6.45) is 6.97. The molecule has 9 nitrogen and oxygen atoms in total. The first-order valence-corrected chi connectivity index (χ1v) is 11.5. The molecule has 4 rings (SSSR count). The van der Waals surface area contributed by atoms with Crippen LogP contribution in [0.25, 0.3) is 5.69 Å². The zero-order chi connectivity index (χ0) is 24.7. The minimum atomic E-state index is -0.165. The lowest BCUT2D eigenvalue weighted by Crippen LogP contribution is -2.24. The van der Waals surface area contributed by atoms with Crippen LogP contribution in [0.15, 0.2) is 48.9 Å². The summed E-state index contributed by atoms with van der Waals surface area (Å²) in [6.45, 7) is 7.90. The van der Waals surface area contributed by atoms with Gasteiger partial charge in [-0.2, -0.15) is 15.5 Å². The molecule has 1 aliphatic carbocycles. The number of carbonyl (C=O) groups is 1. The molecule has 1 aromatic carbocycles. The predicted octanol–water partition coefficient (Wildman–Crippen LogP) is 4.19. The monoisotopic (exact) mass is 480 g/mol. The maximum Gasteiger partial charge on any atom is 0.230 e. The van der Waals surface area contributed by atoms with Crippen LogP contribution in [0.2, 0.25) is 5.02 Å². The number of aromatic nitrogens is 4. The maximum atomic E-state index is 12.2. The summed E-state index contributed by atoms with van der Waals surface area (Å²) in [5.74, 6) is 6.52. The third-order valence-corrected chi connectivity index (χ3v) is 5.77. The van der Waals surface area contributed by atoms with Crippen molar-refractivity contribution in [3.8, 4) is 11.8 Å². The molecular formula is C24H29ClN8O. The van der Waals surface area contributed by atoms with Crippen LogP contribution in [0.1, 0.15) is 55.8 Å². The molecule has 3 aromatic rings. The minimum Gasteiger partial charge on any atom is -0.329 e. The van der Waals surface area contributed by atoms with Crippen molar-refractivity contribution in [3.63, 3.8) is 0 Å². The molecule has 1 aliphatic rings. The molecule has 1 atom stereocenters. The van der Waals surface area contributed by atoms with Crippen molar-refractivity contribution in [2.45, 2.75) is 45.4 Å². The van der Waals surface area contributed by atoms with Crippen LogP contribution in [0.3, 0.4) is 0 Å². The number of nitrogens with zero attached hydrogens (tertiary/aromatic N) is 4. The number of H-pyrrole nitrogens is 1. The zero-order valence-corrected chi connectivity index (χ0v) is 20.1. The first-order valence-electron chi connectivity index (χ1n) is 11.1. The number of hydrogen-bond donors (Lipinski definition) is 4. The van der Waals surface area contributed by atoms with Crippen molar-refractivity contribution in [2.75, 3.05) is 5.32 Å². The van der Waals surface area contributed by atoms with Gasteiger partial charge in [-0.25, -0.2) is 4.68 Å². The van der Waals surface area contributed by atoms with E-state index in [1.165, 1.54) is 12.8 Å². The predicted molar refractivity (Wildman–Crippen MR) is 132 cm³/mol. The van der Waals surface area contributed by atoms with Gasteiger partial charge in [0.15, 0.2) is 5.82 Å². The number of benzene rings is 1. The Bertz CT molecular complexity index is 1190. The van der Waals surface area contributed by atoms with Gasteiger partial charge in [0.05, 0.1) is 29.9 Å². The highest BCUT2D eigenvalue weighted by atomic mass is 35.5. The molecule has 1 unspecified atom stereocenters. The third-order valence-electron chi connectivity index (χ3n) is 5.55. The molecule has 1 saturated carbocycles. The highest BCUT2D eigenvalue weighted by molar-refractivity contribution is 6.30. The molecule has 1 amide bonds. The molecule has 2 heterocycles. The van der Waals surface area contributed by atoms with E-state index in [0.29, 0.717) is 33.9 Å². The number of nitrogens with two attached hydrogens (primary N) is 1. The highest BCUT2D eigenvalue weighted by Gasteiger charge is 2.25. The number of hydrazine groups is 1. The van der Waals surface area contributed by atoms with Crippen LogP contribution in [0, 0.1) is 17.2 Å². The quantitative estimate of drug-likeness (QED) is 0.282. The number of allylic oxidation sites excluding steroid dienone is 1. The van der Waals surface area contributed by atoms with E-state index < -0.39 is 0 Å². The lowest BCUT2D eigenvalue weighted by atomic mass is 10.1. The standard InChI is InChI=1S/C18H15ClN6O.C6H14N2/c19-14-3-11(8-20)4-15(6-14)25-10-12(9-21-25)5-18(26)22-17-7-16(23-24-17)13-1-2-13;1-4-5(2)6(3)8-7/h3-4,6-7,9-10,13H,1-2,5H2,(H2,22,23,24,26);5,8H,3-4,7H2,1-2H3. The SMILES string of the molecule is C=C(NN)C(C)CC.N#Cc1cc(Cl)cc(-n2cc(CC(=O)Nc3cc(C4CC4)[nH]n3)cn2)c1. The zero-order valence-electron chi connectivity index (χ0n) is 19.3. The number of anilines is 1. The Hall–Kier alpha value is -3.61. The first kappa shape index (κ1) is 25.0. The second-order valence-corrected chi connectivity index (χ2v) is 8.73. The van der Waals surface area contributed by atoms with E-state index in [4.69, 9.17) is 22.7 Å². The largest absolute Gasteiger partial charge is 0.329 e. The number of rotatable bonds is 8.